The number of rotatable bonds is 1. The van der Waals surface area contributed by atoms with Crippen LogP contribution in [0.4, 0.5) is 5.69 Å². The van der Waals surface area contributed by atoms with Crippen molar-refractivity contribution in [2.45, 2.75) is 44.7 Å². The summed E-state index contributed by atoms with van der Waals surface area (Å²) in [6.45, 7) is 2.00. The van der Waals surface area contributed by atoms with Gasteiger partial charge in [0.05, 0.1) is 5.02 Å². The second-order valence-electron chi connectivity index (χ2n) is 5.88. The second-order valence-corrected chi connectivity index (χ2v) is 7.08. The summed E-state index contributed by atoms with van der Waals surface area (Å²) in [5.41, 5.74) is 13.6. The zero-order chi connectivity index (χ0) is 15.9. The molecule has 22 heavy (non-hydrogen) atoms. The Kier molecular flexibility index (Phi) is 4.07. The minimum absolute atomic E-state index is 0.260. The first-order valence-corrected chi connectivity index (χ1v) is 8.55. The number of aliphatic imine (C=N–C) groups is 2. The van der Waals surface area contributed by atoms with Gasteiger partial charge in [-0.25, -0.2) is 4.99 Å². The van der Waals surface area contributed by atoms with Crippen molar-refractivity contribution in [2.24, 2.45) is 21.5 Å². The molecule has 1 aromatic carbocycles. The van der Waals surface area contributed by atoms with Gasteiger partial charge in [-0.15, -0.1) is 0 Å². The first-order chi connectivity index (χ1) is 10.4. The predicted molar refractivity (Wildman–Crippen MR) is 95.4 cm³/mol. The molecule has 1 fully saturated rings. The Hall–Kier alpha value is -1.27. The molecule has 7 heteroatoms. The molecule has 118 valence electrons. The minimum atomic E-state index is -0.433. The normalized spacial score (nSPS) is 20.8. The number of halogens is 2. The Bertz CT molecular complexity index is 641. The Morgan fingerprint density at radius 2 is 1.91 bits per heavy atom. The molecule has 4 N–H and O–H groups in total. The quantitative estimate of drug-likeness (QED) is 0.777. The van der Waals surface area contributed by atoms with Crippen molar-refractivity contribution in [2.75, 3.05) is 4.90 Å². The molecule has 1 saturated carbocycles. The summed E-state index contributed by atoms with van der Waals surface area (Å²) < 4.78 is 0.895. The SMILES string of the molecule is Cc1cc(N2C(N)=NC(N)=NC23CCCCC3)cc(Cl)c1Br. The van der Waals surface area contributed by atoms with Crippen LogP contribution in [0.5, 0.6) is 0 Å². The van der Waals surface area contributed by atoms with Crippen LogP contribution in [-0.2, 0) is 0 Å². The van der Waals surface area contributed by atoms with E-state index in [1.54, 1.807) is 0 Å². The first-order valence-electron chi connectivity index (χ1n) is 7.38. The number of nitrogens with zero attached hydrogens (tertiary/aromatic N) is 3. The Labute approximate surface area is 143 Å². The molecule has 0 radical (unpaired) electrons. The highest BCUT2D eigenvalue weighted by Crippen LogP contribution is 2.41. The van der Waals surface area contributed by atoms with Crippen molar-refractivity contribution in [3.05, 3.63) is 27.2 Å². The molecule has 1 aromatic rings. The summed E-state index contributed by atoms with van der Waals surface area (Å²) in [5.74, 6) is 0.641. The maximum Gasteiger partial charge on any atom is 0.220 e. The van der Waals surface area contributed by atoms with Crippen molar-refractivity contribution in [1.82, 2.24) is 0 Å². The van der Waals surface area contributed by atoms with Gasteiger partial charge >= 0.3 is 0 Å². The van der Waals surface area contributed by atoms with E-state index >= 15 is 0 Å². The Morgan fingerprint density at radius 3 is 2.55 bits per heavy atom. The van der Waals surface area contributed by atoms with E-state index in [4.69, 9.17) is 23.1 Å². The zero-order valence-electron chi connectivity index (χ0n) is 12.4. The van der Waals surface area contributed by atoms with Crippen LogP contribution >= 0.6 is 27.5 Å². The number of aryl methyl sites for hydroxylation is 1. The first kappa shape index (κ1) is 15.6. The van der Waals surface area contributed by atoms with Crippen molar-refractivity contribution in [3.63, 3.8) is 0 Å². The molecule has 3 rings (SSSR count). The van der Waals surface area contributed by atoms with E-state index in [0.717, 1.165) is 41.4 Å². The van der Waals surface area contributed by atoms with E-state index in [-0.39, 0.29) is 5.96 Å². The lowest BCUT2D eigenvalue weighted by molar-refractivity contribution is 0.305. The molecule has 1 aliphatic carbocycles. The van der Waals surface area contributed by atoms with E-state index in [2.05, 4.69) is 25.9 Å². The average molecular weight is 385 g/mol. The van der Waals surface area contributed by atoms with Crippen LogP contribution in [0.1, 0.15) is 37.7 Å². The maximum absolute atomic E-state index is 6.33. The lowest BCUT2D eigenvalue weighted by Gasteiger charge is -2.45. The average Bonchev–Trinajstić information content (AvgIpc) is 2.44. The van der Waals surface area contributed by atoms with E-state index in [0.29, 0.717) is 11.0 Å². The third-order valence-electron chi connectivity index (χ3n) is 4.30. The van der Waals surface area contributed by atoms with Crippen LogP contribution in [-0.4, -0.2) is 17.6 Å². The highest BCUT2D eigenvalue weighted by molar-refractivity contribution is 9.10. The van der Waals surface area contributed by atoms with Gasteiger partial charge in [-0.1, -0.05) is 18.0 Å². The number of guanidine groups is 2. The van der Waals surface area contributed by atoms with E-state index in [9.17, 15) is 0 Å². The molecule has 0 atom stereocenters. The smallest absolute Gasteiger partial charge is 0.220 e. The molecular weight excluding hydrogens is 366 g/mol. The Morgan fingerprint density at radius 1 is 1.23 bits per heavy atom. The summed E-state index contributed by atoms with van der Waals surface area (Å²) >= 11 is 9.82. The second kappa shape index (κ2) is 5.74. The fourth-order valence-corrected chi connectivity index (χ4v) is 3.82. The summed E-state index contributed by atoms with van der Waals surface area (Å²) in [7, 11) is 0. The number of anilines is 1. The van der Waals surface area contributed by atoms with Crippen LogP contribution in [0.15, 0.2) is 26.6 Å². The van der Waals surface area contributed by atoms with Crippen LogP contribution in [0.2, 0.25) is 5.02 Å². The molecule has 0 amide bonds. The molecule has 0 bridgehead atoms. The fraction of sp³-hybridized carbons (Fsp3) is 0.467. The molecule has 5 nitrogen and oxygen atoms in total. The predicted octanol–water partition coefficient (Wildman–Crippen LogP) is 3.52. The highest BCUT2D eigenvalue weighted by atomic mass is 79.9. The van der Waals surface area contributed by atoms with Gasteiger partial charge in [0.15, 0.2) is 0 Å². The fourth-order valence-electron chi connectivity index (χ4n) is 3.33. The van der Waals surface area contributed by atoms with E-state index < -0.39 is 5.66 Å². The molecule has 1 spiro atoms. The molecule has 0 saturated heterocycles. The van der Waals surface area contributed by atoms with Gasteiger partial charge in [-0.05, 0) is 66.2 Å². The molecular formula is C15H19BrClN5. The summed E-state index contributed by atoms with van der Waals surface area (Å²) in [6, 6.07) is 3.94. The van der Waals surface area contributed by atoms with Crippen LogP contribution in [0.25, 0.3) is 0 Å². The van der Waals surface area contributed by atoms with Crippen molar-refractivity contribution < 1.29 is 0 Å². The topological polar surface area (TPSA) is 80.0 Å². The summed E-state index contributed by atoms with van der Waals surface area (Å²) in [6.07, 6.45) is 5.24. The van der Waals surface area contributed by atoms with E-state index in [1.165, 1.54) is 6.42 Å². The van der Waals surface area contributed by atoms with Crippen LogP contribution < -0.4 is 16.4 Å². The molecule has 1 aliphatic heterocycles. The highest BCUT2D eigenvalue weighted by Gasteiger charge is 2.42. The van der Waals surface area contributed by atoms with Gasteiger partial charge < -0.3 is 11.5 Å². The third-order valence-corrected chi connectivity index (χ3v) is 5.88. The maximum atomic E-state index is 6.33. The zero-order valence-corrected chi connectivity index (χ0v) is 14.8. The molecule has 1 heterocycles. The largest absolute Gasteiger partial charge is 0.369 e. The van der Waals surface area contributed by atoms with Crippen LogP contribution in [0, 0.1) is 6.92 Å². The number of benzene rings is 1. The standard InChI is InChI=1S/C15H19BrClN5/c1-9-7-10(8-11(17)12(9)16)22-14(19)20-13(18)21-15(22)5-3-2-4-6-15/h7-8H,2-6H2,1H3,(H4,18,19,20,21). The number of hydrogen-bond acceptors (Lipinski definition) is 5. The van der Waals surface area contributed by atoms with Crippen molar-refractivity contribution in [3.8, 4) is 0 Å². The molecule has 0 unspecified atom stereocenters. The van der Waals surface area contributed by atoms with E-state index in [1.807, 2.05) is 24.0 Å². The Balaban J connectivity index is 2.12. The summed E-state index contributed by atoms with van der Waals surface area (Å²) in [4.78, 5) is 10.8. The van der Waals surface area contributed by atoms with Gasteiger partial charge in [0.1, 0.15) is 5.66 Å². The van der Waals surface area contributed by atoms with Crippen LogP contribution in [0.3, 0.4) is 0 Å². The molecule has 2 aliphatic rings. The van der Waals surface area contributed by atoms with Crippen molar-refractivity contribution >= 4 is 45.1 Å². The minimum Gasteiger partial charge on any atom is -0.369 e. The van der Waals surface area contributed by atoms with Gasteiger partial charge in [0.2, 0.25) is 11.9 Å². The van der Waals surface area contributed by atoms with Gasteiger partial charge in [-0.2, -0.15) is 4.99 Å². The lowest BCUT2D eigenvalue weighted by atomic mass is 9.87. The van der Waals surface area contributed by atoms with Crippen molar-refractivity contribution in [1.29, 1.82) is 0 Å². The number of nitrogens with two attached hydrogens (primary N) is 2. The van der Waals surface area contributed by atoms with Gasteiger partial charge in [0.25, 0.3) is 0 Å². The van der Waals surface area contributed by atoms with Gasteiger partial charge in [0, 0.05) is 10.2 Å². The molecule has 0 aromatic heterocycles. The third kappa shape index (κ3) is 2.58. The lowest BCUT2D eigenvalue weighted by Crippen LogP contribution is -2.58. The summed E-state index contributed by atoms with van der Waals surface area (Å²) in [5, 5.41) is 0.649. The number of hydrogen-bond donors (Lipinski definition) is 2. The van der Waals surface area contributed by atoms with Gasteiger partial charge in [-0.3, -0.25) is 4.90 Å². The monoisotopic (exact) mass is 383 g/mol.